The Kier molecular flexibility index (Phi) is 17.9. The summed E-state index contributed by atoms with van der Waals surface area (Å²) in [4.78, 5) is 13.8. The van der Waals surface area contributed by atoms with Gasteiger partial charge < -0.3 is 36.5 Å². The number of hydrogen-bond acceptors (Lipinski definition) is 5. The molecule has 6 nitrogen and oxygen atoms in total. The summed E-state index contributed by atoms with van der Waals surface area (Å²) in [5.74, 6) is 1.67. The van der Waals surface area contributed by atoms with E-state index in [0.717, 1.165) is 18.7 Å². The SMILES string of the molecule is CCCCCCCCCCCCCCOc1cc(OCC(=O)Nc2ccc(C[n+]3csc(C)c3)cc2)ccc1OC.[Br-]. The third kappa shape index (κ3) is 14.1. The van der Waals surface area contributed by atoms with Crippen molar-refractivity contribution >= 4 is 22.9 Å². The molecule has 0 aliphatic heterocycles. The molecule has 232 valence electrons. The van der Waals surface area contributed by atoms with E-state index in [4.69, 9.17) is 14.2 Å². The lowest BCUT2D eigenvalue weighted by Crippen LogP contribution is -3.00. The number of benzene rings is 2. The van der Waals surface area contributed by atoms with E-state index in [9.17, 15) is 4.79 Å². The van der Waals surface area contributed by atoms with Gasteiger partial charge in [-0.05, 0) is 37.6 Å². The van der Waals surface area contributed by atoms with Crippen LogP contribution in [0, 0.1) is 6.92 Å². The zero-order valence-electron chi connectivity index (χ0n) is 25.7. The highest BCUT2D eigenvalue weighted by Gasteiger charge is 2.10. The molecular weight excluding hydrogens is 612 g/mol. The highest BCUT2D eigenvalue weighted by Crippen LogP contribution is 2.31. The Morgan fingerprint density at radius 3 is 2.07 bits per heavy atom. The molecular formula is C34H49BrN2O4S. The summed E-state index contributed by atoms with van der Waals surface area (Å²) >= 11 is 1.73. The quantitative estimate of drug-likeness (QED) is 0.121. The fraction of sp³-hybridized carbons (Fsp3) is 0.529. The molecule has 0 saturated carbocycles. The normalized spacial score (nSPS) is 10.6. The molecule has 2 aromatic carbocycles. The number of halogens is 1. The average Bonchev–Trinajstić information content (AvgIpc) is 3.39. The number of aromatic nitrogens is 1. The van der Waals surface area contributed by atoms with Gasteiger partial charge in [0.15, 0.2) is 30.8 Å². The number of carbonyl (C=O) groups is 1. The number of thiazole rings is 1. The van der Waals surface area contributed by atoms with Crippen molar-refractivity contribution < 1.29 is 40.6 Å². The predicted octanol–water partition coefficient (Wildman–Crippen LogP) is 5.50. The van der Waals surface area contributed by atoms with Gasteiger partial charge in [0.2, 0.25) is 5.51 Å². The van der Waals surface area contributed by atoms with Gasteiger partial charge in [-0.15, -0.1) is 0 Å². The lowest BCUT2D eigenvalue weighted by atomic mass is 10.1. The molecule has 0 bridgehead atoms. The van der Waals surface area contributed by atoms with Crippen LogP contribution in [0.3, 0.4) is 0 Å². The lowest BCUT2D eigenvalue weighted by molar-refractivity contribution is -0.683. The van der Waals surface area contributed by atoms with Gasteiger partial charge in [0.1, 0.15) is 5.75 Å². The van der Waals surface area contributed by atoms with Crippen molar-refractivity contribution in [1.82, 2.24) is 0 Å². The van der Waals surface area contributed by atoms with E-state index in [1.54, 1.807) is 30.6 Å². The largest absolute Gasteiger partial charge is 1.00 e. The fourth-order valence-electron chi connectivity index (χ4n) is 4.76. The van der Waals surface area contributed by atoms with Crippen LogP contribution in [-0.2, 0) is 11.3 Å². The number of rotatable bonds is 21. The second-order valence-electron chi connectivity index (χ2n) is 10.7. The van der Waals surface area contributed by atoms with Crippen LogP contribution in [0.2, 0.25) is 0 Å². The molecule has 0 aliphatic rings. The van der Waals surface area contributed by atoms with Gasteiger partial charge in [-0.1, -0.05) is 101 Å². The first-order valence-electron chi connectivity index (χ1n) is 15.3. The molecule has 8 heteroatoms. The summed E-state index contributed by atoms with van der Waals surface area (Å²) in [7, 11) is 1.63. The van der Waals surface area contributed by atoms with Crippen LogP contribution < -0.4 is 41.1 Å². The minimum Gasteiger partial charge on any atom is -1.00 e. The monoisotopic (exact) mass is 660 g/mol. The molecule has 0 atom stereocenters. The standard InChI is InChI=1S/C34H48N2O4S.BrH/c1-4-5-6-7-8-9-10-11-12-13-14-15-22-39-33-23-31(20-21-32(33)38-3)40-26-34(37)35-30-18-16-29(17-19-30)25-36-24-28(2)41-27-36;/h16-21,23-24,27H,4-15,22,25-26H2,1-3H3;1H. The number of carbonyl (C=O) groups excluding carboxylic acids is 1. The maximum absolute atomic E-state index is 12.5. The maximum Gasteiger partial charge on any atom is 0.262 e. The van der Waals surface area contributed by atoms with E-state index < -0.39 is 0 Å². The molecule has 1 amide bonds. The molecule has 0 radical (unpaired) electrons. The van der Waals surface area contributed by atoms with Crippen LogP contribution >= 0.6 is 11.3 Å². The Morgan fingerprint density at radius 1 is 0.833 bits per heavy atom. The summed E-state index contributed by atoms with van der Waals surface area (Å²) in [6, 6.07) is 13.3. The molecule has 0 aliphatic carbocycles. The van der Waals surface area contributed by atoms with Crippen LogP contribution in [-0.4, -0.2) is 26.2 Å². The Bertz CT molecular complexity index is 1150. The first-order valence-corrected chi connectivity index (χ1v) is 16.2. The summed E-state index contributed by atoms with van der Waals surface area (Å²) in [5.41, 5.74) is 4.03. The number of unbranched alkanes of at least 4 members (excludes halogenated alkanes) is 11. The third-order valence-electron chi connectivity index (χ3n) is 7.08. The number of nitrogens with zero attached hydrogens (tertiary/aromatic N) is 1. The second-order valence-corrected chi connectivity index (χ2v) is 11.8. The molecule has 0 saturated heterocycles. The minimum absolute atomic E-state index is 0. The fourth-order valence-corrected chi connectivity index (χ4v) is 5.40. The molecule has 42 heavy (non-hydrogen) atoms. The van der Waals surface area contributed by atoms with Gasteiger partial charge in [0.25, 0.3) is 5.91 Å². The van der Waals surface area contributed by atoms with Crippen molar-refractivity contribution in [1.29, 1.82) is 0 Å². The third-order valence-corrected chi connectivity index (χ3v) is 7.94. The molecule has 0 unspecified atom stereocenters. The summed E-state index contributed by atoms with van der Waals surface area (Å²) in [6.45, 7) is 5.73. The Hall–Kier alpha value is -2.58. The van der Waals surface area contributed by atoms with Crippen molar-refractivity contribution in [2.45, 2.75) is 97.4 Å². The van der Waals surface area contributed by atoms with E-state index in [1.165, 1.54) is 81.1 Å². The Balaban J connectivity index is 0.00000616. The van der Waals surface area contributed by atoms with Crippen molar-refractivity contribution in [3.8, 4) is 17.2 Å². The Labute approximate surface area is 267 Å². The lowest BCUT2D eigenvalue weighted by Gasteiger charge is -2.13. The summed E-state index contributed by atoms with van der Waals surface area (Å²) < 4.78 is 19.4. The number of hydrogen-bond donors (Lipinski definition) is 1. The topological polar surface area (TPSA) is 60.7 Å². The van der Waals surface area contributed by atoms with Gasteiger partial charge in [-0.3, -0.25) is 4.79 Å². The predicted molar refractivity (Wildman–Crippen MR) is 168 cm³/mol. The first-order chi connectivity index (χ1) is 20.1. The number of anilines is 1. The molecule has 1 N–H and O–H groups in total. The van der Waals surface area contributed by atoms with Crippen molar-refractivity contribution in [3.05, 3.63) is 64.6 Å². The van der Waals surface area contributed by atoms with E-state index in [2.05, 4.69) is 35.4 Å². The van der Waals surface area contributed by atoms with E-state index in [1.807, 2.05) is 30.3 Å². The number of nitrogens with one attached hydrogen (secondary N) is 1. The highest BCUT2D eigenvalue weighted by atomic mass is 79.9. The van der Waals surface area contributed by atoms with Crippen LogP contribution in [0.1, 0.15) is 94.4 Å². The van der Waals surface area contributed by atoms with Gasteiger partial charge in [-0.25, -0.2) is 0 Å². The molecule has 3 rings (SSSR count). The van der Waals surface area contributed by atoms with Gasteiger partial charge >= 0.3 is 0 Å². The van der Waals surface area contributed by atoms with Gasteiger partial charge in [-0.2, -0.15) is 4.57 Å². The molecule has 0 spiro atoms. The van der Waals surface area contributed by atoms with Crippen molar-refractivity contribution in [2.75, 3.05) is 25.6 Å². The molecule has 3 aromatic rings. The molecule has 0 fully saturated rings. The number of methoxy groups -OCH3 is 1. The van der Waals surface area contributed by atoms with Crippen LogP contribution in [0.15, 0.2) is 54.2 Å². The average molecular weight is 662 g/mol. The maximum atomic E-state index is 12.5. The Morgan fingerprint density at radius 2 is 1.48 bits per heavy atom. The summed E-state index contributed by atoms with van der Waals surface area (Å²) in [6.07, 6.45) is 17.9. The van der Waals surface area contributed by atoms with E-state index >= 15 is 0 Å². The minimum atomic E-state index is -0.213. The number of aryl methyl sites for hydroxylation is 1. The molecule has 1 aromatic heterocycles. The zero-order chi connectivity index (χ0) is 29.1. The van der Waals surface area contributed by atoms with Gasteiger partial charge in [0.05, 0.1) is 18.6 Å². The molecule has 1 heterocycles. The van der Waals surface area contributed by atoms with E-state index in [0.29, 0.717) is 23.9 Å². The van der Waals surface area contributed by atoms with Crippen LogP contribution in [0.4, 0.5) is 5.69 Å². The number of ether oxygens (including phenoxy) is 3. The van der Waals surface area contributed by atoms with E-state index in [-0.39, 0.29) is 29.5 Å². The van der Waals surface area contributed by atoms with Gasteiger partial charge in [0, 0.05) is 17.3 Å². The zero-order valence-corrected chi connectivity index (χ0v) is 28.1. The van der Waals surface area contributed by atoms with Crippen LogP contribution in [0.5, 0.6) is 17.2 Å². The van der Waals surface area contributed by atoms with Crippen LogP contribution in [0.25, 0.3) is 0 Å². The first kappa shape index (κ1) is 35.6. The van der Waals surface area contributed by atoms with Crippen molar-refractivity contribution in [3.63, 3.8) is 0 Å². The highest BCUT2D eigenvalue weighted by molar-refractivity contribution is 7.09. The smallest absolute Gasteiger partial charge is 0.262 e. The van der Waals surface area contributed by atoms with Crippen molar-refractivity contribution in [2.24, 2.45) is 0 Å². The number of amides is 1. The second kappa shape index (κ2) is 21.2. The summed E-state index contributed by atoms with van der Waals surface area (Å²) in [5, 5.41) is 2.90.